The minimum atomic E-state index is -0.858. The number of Topliss-reactive ketones (excluding diaryl/α,β-unsaturated/α-hetero) is 1. The molecule has 7 nitrogen and oxygen atoms in total. The summed E-state index contributed by atoms with van der Waals surface area (Å²) in [4.78, 5) is 33.1. The van der Waals surface area contributed by atoms with Crippen LogP contribution < -0.4 is 14.4 Å². The van der Waals surface area contributed by atoms with E-state index in [0.29, 0.717) is 34.4 Å². The predicted molar refractivity (Wildman–Crippen MR) is 149 cm³/mol. The number of aliphatic hydroxyl groups is 1. The molecule has 0 saturated carbocycles. The third-order valence-corrected chi connectivity index (χ3v) is 7.55. The van der Waals surface area contributed by atoms with Crippen LogP contribution in [0.4, 0.5) is 5.13 Å². The Morgan fingerprint density at radius 2 is 1.71 bits per heavy atom. The molecule has 1 saturated heterocycles. The molecule has 1 aliphatic heterocycles. The normalized spacial score (nSPS) is 16.8. The number of aromatic nitrogens is 1. The third-order valence-electron chi connectivity index (χ3n) is 6.53. The first-order chi connectivity index (χ1) is 18.4. The molecule has 4 aromatic rings. The number of benzene rings is 3. The number of nitrogens with zero attached hydrogens (tertiary/aromatic N) is 2. The molecular formula is C30H28N2O5S. The van der Waals surface area contributed by atoms with E-state index in [1.165, 1.54) is 16.2 Å². The van der Waals surface area contributed by atoms with Crippen molar-refractivity contribution in [2.24, 2.45) is 0 Å². The topological polar surface area (TPSA) is 89.0 Å². The quantitative estimate of drug-likeness (QED) is 0.164. The number of aryl methyl sites for hydroxylation is 1. The average Bonchev–Trinajstić information content (AvgIpc) is 3.49. The van der Waals surface area contributed by atoms with Gasteiger partial charge in [0, 0.05) is 5.56 Å². The molecule has 38 heavy (non-hydrogen) atoms. The highest BCUT2D eigenvalue weighted by molar-refractivity contribution is 7.22. The first-order valence-electron chi connectivity index (χ1n) is 12.5. The fourth-order valence-electron chi connectivity index (χ4n) is 4.50. The van der Waals surface area contributed by atoms with Gasteiger partial charge in [-0.15, -0.1) is 0 Å². The number of hydrogen-bond acceptors (Lipinski definition) is 7. The molecule has 1 amide bonds. The number of aliphatic hydroxyl groups excluding tert-OH is 1. The van der Waals surface area contributed by atoms with Crippen LogP contribution in [0.5, 0.6) is 11.5 Å². The van der Waals surface area contributed by atoms with Crippen LogP contribution in [0.15, 0.2) is 72.3 Å². The predicted octanol–water partition coefficient (Wildman–Crippen LogP) is 6.28. The van der Waals surface area contributed by atoms with E-state index in [-0.39, 0.29) is 11.3 Å². The van der Waals surface area contributed by atoms with Crippen LogP contribution in [0, 0.1) is 0 Å². The molecular weight excluding hydrogens is 500 g/mol. The van der Waals surface area contributed by atoms with Gasteiger partial charge in [-0.2, -0.15) is 0 Å². The third kappa shape index (κ3) is 4.63. The van der Waals surface area contributed by atoms with Crippen LogP contribution in [0.1, 0.15) is 43.0 Å². The van der Waals surface area contributed by atoms with E-state index in [9.17, 15) is 14.7 Å². The highest BCUT2D eigenvalue weighted by Crippen LogP contribution is 2.44. The van der Waals surface area contributed by atoms with E-state index in [1.807, 2.05) is 43.3 Å². The van der Waals surface area contributed by atoms with Crippen molar-refractivity contribution in [2.75, 3.05) is 18.6 Å². The molecule has 5 rings (SSSR count). The highest BCUT2D eigenvalue weighted by atomic mass is 32.1. The SMILES string of the molecule is CCCOc1ccc(C2C(=C(O)c3ccc(OC)cc3)C(=O)C(=O)N2c2nc3ccc(CC)cc3s2)cc1. The van der Waals surface area contributed by atoms with E-state index >= 15 is 0 Å². The van der Waals surface area contributed by atoms with Gasteiger partial charge in [0.15, 0.2) is 5.13 Å². The molecule has 1 unspecified atom stereocenters. The Hall–Kier alpha value is -4.17. The molecule has 1 atom stereocenters. The number of anilines is 1. The summed E-state index contributed by atoms with van der Waals surface area (Å²) in [6.07, 6.45) is 1.75. The van der Waals surface area contributed by atoms with E-state index in [4.69, 9.17) is 14.5 Å². The van der Waals surface area contributed by atoms with E-state index in [1.54, 1.807) is 31.4 Å². The van der Waals surface area contributed by atoms with Crippen LogP contribution in [0.2, 0.25) is 0 Å². The molecule has 0 radical (unpaired) electrons. The highest BCUT2D eigenvalue weighted by Gasteiger charge is 2.48. The van der Waals surface area contributed by atoms with Crippen LogP contribution in [-0.2, 0) is 16.0 Å². The molecule has 8 heteroatoms. The Morgan fingerprint density at radius 3 is 2.37 bits per heavy atom. The number of methoxy groups -OCH3 is 1. The van der Waals surface area contributed by atoms with Crippen molar-refractivity contribution in [2.45, 2.75) is 32.7 Å². The molecule has 2 heterocycles. The zero-order valence-corrected chi connectivity index (χ0v) is 22.2. The lowest BCUT2D eigenvalue weighted by Gasteiger charge is -2.23. The van der Waals surface area contributed by atoms with Crippen LogP contribution in [0.25, 0.3) is 16.0 Å². The fraction of sp³-hybridized carbons (Fsp3) is 0.233. The molecule has 1 N–H and O–H groups in total. The van der Waals surface area contributed by atoms with Crippen molar-refractivity contribution < 1.29 is 24.2 Å². The number of rotatable bonds is 8. The second kappa shape index (κ2) is 10.7. The van der Waals surface area contributed by atoms with E-state index in [0.717, 1.165) is 28.6 Å². The summed E-state index contributed by atoms with van der Waals surface area (Å²) in [5.41, 5.74) is 3.00. The second-order valence-corrected chi connectivity index (χ2v) is 9.98. The van der Waals surface area contributed by atoms with Crippen molar-refractivity contribution in [3.63, 3.8) is 0 Å². The van der Waals surface area contributed by atoms with Crippen molar-refractivity contribution in [3.8, 4) is 11.5 Å². The van der Waals surface area contributed by atoms with Crippen molar-refractivity contribution in [1.29, 1.82) is 0 Å². The molecule has 3 aromatic carbocycles. The Morgan fingerprint density at radius 1 is 1.00 bits per heavy atom. The van der Waals surface area contributed by atoms with Crippen LogP contribution in [-0.4, -0.2) is 35.5 Å². The zero-order chi connectivity index (χ0) is 26.8. The molecule has 194 valence electrons. The average molecular weight is 529 g/mol. The van der Waals surface area contributed by atoms with Gasteiger partial charge in [0.05, 0.1) is 35.5 Å². The number of hydrogen-bond donors (Lipinski definition) is 1. The van der Waals surface area contributed by atoms with Crippen molar-refractivity contribution in [1.82, 2.24) is 4.98 Å². The van der Waals surface area contributed by atoms with Crippen LogP contribution >= 0.6 is 11.3 Å². The lowest BCUT2D eigenvalue weighted by molar-refractivity contribution is -0.132. The lowest BCUT2D eigenvalue weighted by atomic mass is 9.95. The number of carbonyl (C=O) groups is 2. The van der Waals surface area contributed by atoms with Gasteiger partial charge in [0.1, 0.15) is 17.3 Å². The minimum absolute atomic E-state index is 0.0101. The molecule has 1 aliphatic rings. The standard InChI is InChI=1S/C30H28N2O5S/c1-4-16-37-22-13-7-19(8-14-22)26-25(27(33)20-9-11-21(36-3)12-10-20)28(34)29(35)32(26)30-31-23-15-6-18(5-2)17-24(23)38-30/h6-15,17,26,33H,4-5,16H2,1-3H3. The summed E-state index contributed by atoms with van der Waals surface area (Å²) in [5, 5.41) is 11.7. The maximum Gasteiger partial charge on any atom is 0.301 e. The smallest absolute Gasteiger partial charge is 0.301 e. The summed E-state index contributed by atoms with van der Waals surface area (Å²) in [6, 6.07) is 19.1. The number of ether oxygens (including phenoxy) is 2. The van der Waals surface area contributed by atoms with Crippen LogP contribution in [0.3, 0.4) is 0 Å². The first kappa shape index (κ1) is 25.5. The first-order valence-corrected chi connectivity index (χ1v) is 13.3. The fourth-order valence-corrected chi connectivity index (χ4v) is 5.55. The number of thiazole rings is 1. The van der Waals surface area contributed by atoms with Gasteiger partial charge in [-0.3, -0.25) is 14.5 Å². The van der Waals surface area contributed by atoms with Gasteiger partial charge in [0.2, 0.25) is 0 Å². The number of ketones is 1. The molecule has 0 bridgehead atoms. The number of amides is 1. The monoisotopic (exact) mass is 528 g/mol. The summed E-state index contributed by atoms with van der Waals surface area (Å²) in [6.45, 7) is 4.69. The van der Waals surface area contributed by atoms with Gasteiger partial charge in [-0.05, 0) is 72.5 Å². The van der Waals surface area contributed by atoms with Crippen molar-refractivity contribution >= 4 is 44.1 Å². The Kier molecular flexibility index (Phi) is 7.15. The molecule has 1 fully saturated rings. The zero-order valence-electron chi connectivity index (χ0n) is 21.4. The Labute approximate surface area is 225 Å². The van der Waals surface area contributed by atoms with Gasteiger partial charge in [0.25, 0.3) is 5.78 Å². The van der Waals surface area contributed by atoms with Gasteiger partial charge < -0.3 is 14.6 Å². The Bertz CT molecular complexity index is 1520. The minimum Gasteiger partial charge on any atom is -0.507 e. The summed E-state index contributed by atoms with van der Waals surface area (Å²) in [5.74, 6) is -0.439. The van der Waals surface area contributed by atoms with Gasteiger partial charge in [-0.1, -0.05) is 43.4 Å². The maximum atomic E-state index is 13.5. The molecule has 1 aromatic heterocycles. The summed E-state index contributed by atoms with van der Waals surface area (Å²) >= 11 is 1.35. The lowest BCUT2D eigenvalue weighted by Crippen LogP contribution is -2.29. The largest absolute Gasteiger partial charge is 0.507 e. The molecule has 0 spiro atoms. The summed E-state index contributed by atoms with van der Waals surface area (Å²) in [7, 11) is 1.55. The summed E-state index contributed by atoms with van der Waals surface area (Å²) < 4.78 is 11.9. The number of fused-ring (bicyclic) bond motifs is 1. The van der Waals surface area contributed by atoms with E-state index in [2.05, 4.69) is 13.0 Å². The maximum absolute atomic E-state index is 13.5. The van der Waals surface area contributed by atoms with E-state index < -0.39 is 17.7 Å². The Balaban J connectivity index is 1.65. The van der Waals surface area contributed by atoms with Gasteiger partial charge in [-0.25, -0.2) is 4.98 Å². The number of carbonyl (C=O) groups excluding carboxylic acids is 2. The van der Waals surface area contributed by atoms with Crippen molar-refractivity contribution in [3.05, 3.63) is 89.0 Å². The second-order valence-electron chi connectivity index (χ2n) is 8.97. The van der Waals surface area contributed by atoms with Gasteiger partial charge >= 0.3 is 5.91 Å². The molecule has 0 aliphatic carbocycles.